The lowest BCUT2D eigenvalue weighted by Crippen LogP contribution is -2.42. The molecule has 1 heterocycles. The first kappa shape index (κ1) is 14.1. The number of hydrogen-bond acceptors (Lipinski definition) is 2. The molecule has 3 nitrogen and oxygen atoms in total. The van der Waals surface area contributed by atoms with Gasteiger partial charge in [0.25, 0.3) is 0 Å². The zero-order valence-corrected chi connectivity index (χ0v) is 11.8. The first-order chi connectivity index (χ1) is 9.06. The molecule has 0 saturated carbocycles. The zero-order valence-electron chi connectivity index (χ0n) is 11.8. The van der Waals surface area contributed by atoms with Gasteiger partial charge in [0.2, 0.25) is 5.91 Å². The predicted octanol–water partition coefficient (Wildman–Crippen LogP) is 2.16. The van der Waals surface area contributed by atoms with Gasteiger partial charge in [0.1, 0.15) is 0 Å². The van der Waals surface area contributed by atoms with Crippen LogP contribution >= 0.6 is 0 Å². The SMILES string of the molecule is Cc1ccc(CC(C)C(=O)N2CCC(O)CC2)cc1. The summed E-state index contributed by atoms with van der Waals surface area (Å²) in [5, 5.41) is 9.47. The number of rotatable bonds is 3. The first-order valence-electron chi connectivity index (χ1n) is 7.08. The fraction of sp³-hybridized carbons (Fsp3) is 0.562. The Morgan fingerprint density at radius 3 is 2.47 bits per heavy atom. The van der Waals surface area contributed by atoms with Gasteiger partial charge in [-0.15, -0.1) is 0 Å². The van der Waals surface area contributed by atoms with Gasteiger partial charge in [-0.2, -0.15) is 0 Å². The maximum absolute atomic E-state index is 12.3. The second-order valence-corrected chi connectivity index (χ2v) is 5.65. The molecule has 0 aliphatic carbocycles. The van der Waals surface area contributed by atoms with E-state index in [2.05, 4.69) is 31.2 Å². The van der Waals surface area contributed by atoms with Crippen LogP contribution in [0.1, 0.15) is 30.9 Å². The van der Waals surface area contributed by atoms with Crippen LogP contribution in [-0.4, -0.2) is 35.1 Å². The van der Waals surface area contributed by atoms with Crippen LogP contribution in [0, 0.1) is 12.8 Å². The third-order valence-corrected chi connectivity index (χ3v) is 3.86. The molecule has 1 aliphatic rings. The molecule has 104 valence electrons. The molecule has 1 aromatic rings. The van der Waals surface area contributed by atoms with Crippen molar-refractivity contribution >= 4 is 5.91 Å². The van der Waals surface area contributed by atoms with Crippen molar-refractivity contribution in [3.05, 3.63) is 35.4 Å². The van der Waals surface area contributed by atoms with Gasteiger partial charge in [-0.1, -0.05) is 36.8 Å². The van der Waals surface area contributed by atoms with Gasteiger partial charge >= 0.3 is 0 Å². The van der Waals surface area contributed by atoms with Crippen molar-refractivity contribution < 1.29 is 9.90 Å². The molecule has 1 atom stereocenters. The minimum absolute atomic E-state index is 0.0120. The minimum atomic E-state index is -0.226. The number of carbonyl (C=O) groups is 1. The highest BCUT2D eigenvalue weighted by atomic mass is 16.3. The molecule has 0 aromatic heterocycles. The van der Waals surface area contributed by atoms with E-state index in [1.807, 2.05) is 11.8 Å². The molecule has 19 heavy (non-hydrogen) atoms. The Balaban J connectivity index is 1.90. The number of aliphatic hydroxyl groups is 1. The number of aryl methyl sites for hydroxylation is 1. The Kier molecular flexibility index (Phi) is 4.59. The van der Waals surface area contributed by atoms with Crippen molar-refractivity contribution in [2.24, 2.45) is 5.92 Å². The maximum atomic E-state index is 12.3. The molecule has 1 saturated heterocycles. The smallest absolute Gasteiger partial charge is 0.225 e. The molecule has 0 bridgehead atoms. The summed E-state index contributed by atoms with van der Waals surface area (Å²) in [7, 11) is 0. The minimum Gasteiger partial charge on any atom is -0.393 e. The van der Waals surface area contributed by atoms with E-state index in [0.717, 1.165) is 6.42 Å². The average molecular weight is 261 g/mol. The summed E-state index contributed by atoms with van der Waals surface area (Å²) in [5.74, 6) is 0.227. The third-order valence-electron chi connectivity index (χ3n) is 3.86. The summed E-state index contributed by atoms with van der Waals surface area (Å²) in [6, 6.07) is 8.37. The Bertz CT molecular complexity index is 419. The molecule has 0 radical (unpaired) electrons. The second kappa shape index (κ2) is 6.20. The monoisotopic (exact) mass is 261 g/mol. The molecule has 1 aromatic carbocycles. The lowest BCUT2D eigenvalue weighted by Gasteiger charge is -2.31. The molecule has 0 spiro atoms. The van der Waals surface area contributed by atoms with Crippen molar-refractivity contribution in [2.45, 2.75) is 39.2 Å². The van der Waals surface area contributed by atoms with Crippen LogP contribution in [0.3, 0.4) is 0 Å². The number of amides is 1. The van der Waals surface area contributed by atoms with Crippen LogP contribution in [0.5, 0.6) is 0 Å². The standard InChI is InChI=1S/C16H23NO2/c1-12-3-5-14(6-4-12)11-13(2)16(19)17-9-7-15(18)8-10-17/h3-6,13,15,18H,7-11H2,1-2H3. The number of benzene rings is 1. The third kappa shape index (κ3) is 3.80. The highest BCUT2D eigenvalue weighted by Gasteiger charge is 2.24. The van der Waals surface area contributed by atoms with Crippen LogP contribution in [-0.2, 0) is 11.2 Å². The summed E-state index contributed by atoms with van der Waals surface area (Å²) in [4.78, 5) is 14.2. The van der Waals surface area contributed by atoms with E-state index in [-0.39, 0.29) is 17.9 Å². The molecule has 1 fully saturated rings. The molecule has 1 aliphatic heterocycles. The molecule has 1 unspecified atom stereocenters. The van der Waals surface area contributed by atoms with E-state index in [1.165, 1.54) is 11.1 Å². The number of carbonyl (C=O) groups excluding carboxylic acids is 1. The molecule has 2 rings (SSSR count). The predicted molar refractivity (Wildman–Crippen MR) is 75.9 cm³/mol. The molecule has 3 heteroatoms. The topological polar surface area (TPSA) is 40.5 Å². The Morgan fingerprint density at radius 1 is 1.32 bits per heavy atom. The number of nitrogens with zero attached hydrogens (tertiary/aromatic N) is 1. The van der Waals surface area contributed by atoms with Gasteiger partial charge in [-0.25, -0.2) is 0 Å². The number of likely N-dealkylation sites (tertiary alicyclic amines) is 1. The normalized spacial score (nSPS) is 18.4. The highest BCUT2D eigenvalue weighted by molar-refractivity contribution is 5.78. The molecule has 1 amide bonds. The quantitative estimate of drug-likeness (QED) is 0.905. The van der Waals surface area contributed by atoms with Crippen LogP contribution in [0.15, 0.2) is 24.3 Å². The van der Waals surface area contributed by atoms with E-state index in [4.69, 9.17) is 0 Å². The fourth-order valence-corrected chi connectivity index (χ4v) is 2.56. The summed E-state index contributed by atoms with van der Waals surface area (Å²) >= 11 is 0. The van der Waals surface area contributed by atoms with Gasteiger partial charge in [-0.3, -0.25) is 4.79 Å². The van der Waals surface area contributed by atoms with Crippen molar-refractivity contribution in [1.82, 2.24) is 4.90 Å². The number of aliphatic hydroxyl groups excluding tert-OH is 1. The van der Waals surface area contributed by atoms with Crippen molar-refractivity contribution in [3.63, 3.8) is 0 Å². The van der Waals surface area contributed by atoms with Gasteiger partial charge in [0, 0.05) is 19.0 Å². The van der Waals surface area contributed by atoms with E-state index in [9.17, 15) is 9.90 Å². The van der Waals surface area contributed by atoms with E-state index < -0.39 is 0 Å². The van der Waals surface area contributed by atoms with Gasteiger partial charge in [0.15, 0.2) is 0 Å². The fourth-order valence-electron chi connectivity index (χ4n) is 2.56. The van der Waals surface area contributed by atoms with Gasteiger partial charge in [-0.05, 0) is 31.7 Å². The Labute approximate surface area is 115 Å². The van der Waals surface area contributed by atoms with Crippen LogP contribution in [0.25, 0.3) is 0 Å². The molecular weight excluding hydrogens is 238 g/mol. The summed E-state index contributed by atoms with van der Waals surface area (Å²) < 4.78 is 0. The first-order valence-corrected chi connectivity index (χ1v) is 7.08. The van der Waals surface area contributed by atoms with Crippen molar-refractivity contribution in [3.8, 4) is 0 Å². The average Bonchev–Trinajstić information content (AvgIpc) is 2.41. The van der Waals surface area contributed by atoms with Gasteiger partial charge < -0.3 is 10.0 Å². The van der Waals surface area contributed by atoms with E-state index in [0.29, 0.717) is 25.9 Å². The molecular formula is C16H23NO2. The second-order valence-electron chi connectivity index (χ2n) is 5.65. The summed E-state index contributed by atoms with van der Waals surface area (Å²) in [6.45, 7) is 5.45. The lowest BCUT2D eigenvalue weighted by molar-refractivity contribution is -0.136. The number of hydrogen-bond donors (Lipinski definition) is 1. The summed E-state index contributed by atoms with van der Waals surface area (Å²) in [5.41, 5.74) is 2.45. The maximum Gasteiger partial charge on any atom is 0.225 e. The largest absolute Gasteiger partial charge is 0.393 e. The van der Waals surface area contributed by atoms with E-state index in [1.54, 1.807) is 0 Å². The Hall–Kier alpha value is -1.35. The van der Waals surface area contributed by atoms with Crippen LogP contribution in [0.4, 0.5) is 0 Å². The van der Waals surface area contributed by atoms with Crippen molar-refractivity contribution in [2.75, 3.05) is 13.1 Å². The number of piperidine rings is 1. The van der Waals surface area contributed by atoms with Crippen molar-refractivity contribution in [1.29, 1.82) is 0 Å². The van der Waals surface area contributed by atoms with Gasteiger partial charge in [0.05, 0.1) is 6.10 Å². The summed E-state index contributed by atoms with van der Waals surface area (Å²) in [6.07, 6.45) is 1.99. The van der Waals surface area contributed by atoms with Crippen LogP contribution in [0.2, 0.25) is 0 Å². The molecule has 1 N–H and O–H groups in total. The highest BCUT2D eigenvalue weighted by Crippen LogP contribution is 2.16. The van der Waals surface area contributed by atoms with Crippen LogP contribution < -0.4 is 0 Å². The lowest BCUT2D eigenvalue weighted by atomic mass is 9.97. The Morgan fingerprint density at radius 2 is 1.89 bits per heavy atom. The zero-order chi connectivity index (χ0) is 13.8. The van der Waals surface area contributed by atoms with E-state index >= 15 is 0 Å².